The van der Waals surface area contributed by atoms with Crippen LogP contribution in [0.15, 0.2) is 54.7 Å². The Labute approximate surface area is 122 Å². The first kappa shape index (κ1) is 13.3. The van der Waals surface area contributed by atoms with Crippen LogP contribution in [0.25, 0.3) is 0 Å². The molecule has 21 heavy (non-hydrogen) atoms. The highest BCUT2D eigenvalue weighted by Crippen LogP contribution is 2.21. The van der Waals surface area contributed by atoms with Crippen molar-refractivity contribution in [3.63, 3.8) is 0 Å². The van der Waals surface area contributed by atoms with Gasteiger partial charge in [0.1, 0.15) is 11.6 Å². The predicted molar refractivity (Wildman–Crippen MR) is 80.0 cm³/mol. The van der Waals surface area contributed by atoms with E-state index in [1.165, 1.54) is 12.1 Å². The summed E-state index contributed by atoms with van der Waals surface area (Å²) in [6, 6.07) is 14.7. The highest BCUT2D eigenvalue weighted by atomic mass is 19.1. The summed E-state index contributed by atoms with van der Waals surface area (Å²) in [6.45, 7) is 2.49. The number of benzene rings is 2. The van der Waals surface area contributed by atoms with Gasteiger partial charge in [-0.05, 0) is 36.2 Å². The van der Waals surface area contributed by atoms with Crippen LogP contribution in [-0.2, 0) is 6.54 Å². The molecule has 0 saturated carbocycles. The molecule has 0 unspecified atom stereocenters. The zero-order valence-electron chi connectivity index (χ0n) is 11.6. The lowest BCUT2D eigenvalue weighted by atomic mass is 10.2. The molecule has 1 heterocycles. The minimum atomic E-state index is -0.242. The third-order valence-corrected chi connectivity index (χ3v) is 3.24. The first-order valence-electron chi connectivity index (χ1n) is 6.68. The Kier molecular flexibility index (Phi) is 3.64. The Morgan fingerprint density at radius 2 is 1.95 bits per heavy atom. The van der Waals surface area contributed by atoms with E-state index in [-0.39, 0.29) is 5.82 Å². The summed E-state index contributed by atoms with van der Waals surface area (Å²) in [5, 5.41) is 11.3. The Balaban J connectivity index is 1.82. The molecular formula is C16H15FN4. The van der Waals surface area contributed by atoms with Crippen LogP contribution in [0.1, 0.15) is 11.1 Å². The molecule has 3 aromatic rings. The van der Waals surface area contributed by atoms with Gasteiger partial charge >= 0.3 is 0 Å². The molecule has 0 amide bonds. The van der Waals surface area contributed by atoms with Crippen LogP contribution in [-0.4, -0.2) is 15.0 Å². The van der Waals surface area contributed by atoms with E-state index < -0.39 is 0 Å². The van der Waals surface area contributed by atoms with Crippen LogP contribution in [0.3, 0.4) is 0 Å². The van der Waals surface area contributed by atoms with Crippen LogP contribution < -0.4 is 5.32 Å². The van der Waals surface area contributed by atoms with Gasteiger partial charge in [0.25, 0.3) is 0 Å². The number of aryl methyl sites for hydroxylation is 1. The molecule has 4 nitrogen and oxygen atoms in total. The lowest BCUT2D eigenvalue weighted by Gasteiger charge is -2.11. The Hall–Kier alpha value is -2.69. The van der Waals surface area contributed by atoms with Gasteiger partial charge in [-0.15, -0.1) is 5.10 Å². The lowest BCUT2D eigenvalue weighted by molar-refractivity contribution is 0.627. The summed E-state index contributed by atoms with van der Waals surface area (Å²) in [4.78, 5) is 0. The van der Waals surface area contributed by atoms with Crippen molar-refractivity contribution in [2.24, 2.45) is 0 Å². The second-order valence-corrected chi connectivity index (χ2v) is 4.85. The van der Waals surface area contributed by atoms with Gasteiger partial charge < -0.3 is 5.32 Å². The summed E-state index contributed by atoms with van der Waals surface area (Å²) in [6.07, 6.45) is 1.66. The Morgan fingerprint density at radius 3 is 2.71 bits per heavy atom. The molecule has 0 radical (unpaired) electrons. The molecule has 3 rings (SSSR count). The molecule has 2 aromatic carbocycles. The average Bonchev–Trinajstić information content (AvgIpc) is 2.90. The highest BCUT2D eigenvalue weighted by Gasteiger charge is 2.07. The fraction of sp³-hybridized carbons (Fsp3) is 0.125. The molecular weight excluding hydrogens is 267 g/mol. The van der Waals surface area contributed by atoms with E-state index in [0.717, 1.165) is 22.6 Å². The summed E-state index contributed by atoms with van der Waals surface area (Å²) < 4.78 is 14.9. The minimum absolute atomic E-state index is 0.242. The second-order valence-electron chi connectivity index (χ2n) is 4.85. The summed E-state index contributed by atoms with van der Waals surface area (Å²) in [5.41, 5.74) is 2.82. The molecule has 0 bridgehead atoms. The van der Waals surface area contributed by atoms with Crippen molar-refractivity contribution in [3.05, 3.63) is 71.7 Å². The third-order valence-electron chi connectivity index (χ3n) is 3.24. The maximum Gasteiger partial charge on any atom is 0.149 e. The van der Waals surface area contributed by atoms with Crippen LogP contribution in [0.4, 0.5) is 15.9 Å². The van der Waals surface area contributed by atoms with Crippen molar-refractivity contribution in [1.29, 1.82) is 0 Å². The molecule has 0 fully saturated rings. The number of aromatic nitrogens is 3. The first-order chi connectivity index (χ1) is 10.2. The van der Waals surface area contributed by atoms with Gasteiger partial charge in [0.2, 0.25) is 0 Å². The maximum atomic E-state index is 13.1. The standard InChI is InChI=1S/C16H15FN4/c1-12-9-14(17)7-8-15(12)19-16-10-18-20-21(16)11-13-5-3-2-4-6-13/h2-10,19H,11H2,1H3. The summed E-state index contributed by atoms with van der Waals surface area (Å²) in [5.74, 6) is 0.530. The molecule has 0 spiro atoms. The third kappa shape index (κ3) is 3.08. The minimum Gasteiger partial charge on any atom is -0.339 e. The van der Waals surface area contributed by atoms with E-state index in [9.17, 15) is 4.39 Å². The maximum absolute atomic E-state index is 13.1. The fourth-order valence-electron chi connectivity index (χ4n) is 2.13. The zero-order valence-corrected chi connectivity index (χ0v) is 11.6. The number of hydrogen-bond donors (Lipinski definition) is 1. The smallest absolute Gasteiger partial charge is 0.149 e. The van der Waals surface area contributed by atoms with Crippen molar-refractivity contribution < 1.29 is 4.39 Å². The number of nitrogens with one attached hydrogen (secondary N) is 1. The molecule has 1 aromatic heterocycles. The average molecular weight is 282 g/mol. The first-order valence-corrected chi connectivity index (χ1v) is 6.68. The topological polar surface area (TPSA) is 42.7 Å². The molecule has 106 valence electrons. The van der Waals surface area contributed by atoms with Crippen molar-refractivity contribution in [2.75, 3.05) is 5.32 Å². The van der Waals surface area contributed by atoms with E-state index in [1.54, 1.807) is 16.9 Å². The van der Waals surface area contributed by atoms with Gasteiger partial charge in [-0.1, -0.05) is 35.5 Å². The summed E-state index contributed by atoms with van der Waals surface area (Å²) >= 11 is 0. The van der Waals surface area contributed by atoms with Gasteiger partial charge in [0.05, 0.1) is 12.7 Å². The SMILES string of the molecule is Cc1cc(F)ccc1Nc1cnnn1Cc1ccccc1. The number of rotatable bonds is 4. The molecule has 0 atom stereocenters. The normalized spacial score (nSPS) is 10.6. The highest BCUT2D eigenvalue weighted by molar-refractivity contribution is 5.59. The second kappa shape index (κ2) is 5.75. The van der Waals surface area contributed by atoms with Crippen molar-refractivity contribution >= 4 is 11.5 Å². The van der Waals surface area contributed by atoms with E-state index in [4.69, 9.17) is 0 Å². The molecule has 0 aliphatic carbocycles. The lowest BCUT2D eigenvalue weighted by Crippen LogP contribution is -2.06. The Bertz CT molecular complexity index is 737. The Morgan fingerprint density at radius 1 is 1.14 bits per heavy atom. The molecule has 5 heteroatoms. The molecule has 0 aliphatic rings. The van der Waals surface area contributed by atoms with Crippen LogP contribution >= 0.6 is 0 Å². The van der Waals surface area contributed by atoms with Crippen LogP contribution in [0.2, 0.25) is 0 Å². The quantitative estimate of drug-likeness (QED) is 0.796. The van der Waals surface area contributed by atoms with E-state index >= 15 is 0 Å². The van der Waals surface area contributed by atoms with Gasteiger partial charge in [0, 0.05) is 5.69 Å². The number of halogens is 1. The van der Waals surface area contributed by atoms with Crippen molar-refractivity contribution in [1.82, 2.24) is 15.0 Å². The molecule has 0 aliphatic heterocycles. The van der Waals surface area contributed by atoms with Crippen LogP contribution in [0.5, 0.6) is 0 Å². The van der Waals surface area contributed by atoms with Gasteiger partial charge in [-0.25, -0.2) is 9.07 Å². The van der Waals surface area contributed by atoms with Crippen molar-refractivity contribution in [3.8, 4) is 0 Å². The van der Waals surface area contributed by atoms with Gasteiger partial charge in [-0.2, -0.15) is 0 Å². The number of anilines is 2. The predicted octanol–water partition coefficient (Wildman–Crippen LogP) is 3.52. The van der Waals surface area contributed by atoms with Gasteiger partial charge in [0.15, 0.2) is 0 Å². The fourth-order valence-corrected chi connectivity index (χ4v) is 2.13. The monoisotopic (exact) mass is 282 g/mol. The van der Waals surface area contributed by atoms with E-state index in [2.05, 4.69) is 15.6 Å². The number of hydrogen-bond acceptors (Lipinski definition) is 3. The summed E-state index contributed by atoms with van der Waals surface area (Å²) in [7, 11) is 0. The van der Waals surface area contributed by atoms with E-state index in [0.29, 0.717) is 6.54 Å². The van der Waals surface area contributed by atoms with Gasteiger partial charge in [-0.3, -0.25) is 0 Å². The zero-order chi connectivity index (χ0) is 14.7. The largest absolute Gasteiger partial charge is 0.339 e. The van der Waals surface area contributed by atoms with Crippen molar-refractivity contribution in [2.45, 2.75) is 13.5 Å². The van der Waals surface area contributed by atoms with Crippen LogP contribution in [0, 0.1) is 12.7 Å². The molecule has 0 saturated heterocycles. The molecule has 1 N–H and O–H groups in total. The number of nitrogens with zero attached hydrogens (tertiary/aromatic N) is 3. The van der Waals surface area contributed by atoms with E-state index in [1.807, 2.05) is 37.3 Å².